The number of hydrogen-bond acceptors (Lipinski definition) is 16. The van der Waals surface area contributed by atoms with E-state index < -0.39 is 57.1 Å². The number of benzene rings is 2. The number of nitrogens with zero attached hydrogens (tertiary/aromatic N) is 8. The summed E-state index contributed by atoms with van der Waals surface area (Å²) in [7, 11) is 2.29. The second kappa shape index (κ2) is 19.7. The van der Waals surface area contributed by atoms with Crippen molar-refractivity contribution >= 4 is 57.0 Å². The van der Waals surface area contributed by atoms with Crippen molar-refractivity contribution in [2.75, 3.05) is 11.5 Å². The van der Waals surface area contributed by atoms with Gasteiger partial charge < -0.3 is 30.7 Å². The molecule has 4 aromatic rings. The van der Waals surface area contributed by atoms with Gasteiger partial charge in [-0.15, -0.1) is 10.2 Å². The summed E-state index contributed by atoms with van der Waals surface area (Å²) in [6, 6.07) is 9.08. The third kappa shape index (κ3) is 14.3. The first kappa shape index (κ1) is 44.4. The first-order chi connectivity index (χ1) is 27.3. The van der Waals surface area contributed by atoms with Crippen molar-refractivity contribution in [2.45, 2.75) is 77.9 Å². The third-order valence-corrected chi connectivity index (χ3v) is 9.61. The topological polar surface area (TPSA) is 283 Å². The summed E-state index contributed by atoms with van der Waals surface area (Å²) in [6.45, 7) is 9.89. The number of hydrogen-bond donors (Lipinski definition) is 4. The highest BCUT2D eigenvalue weighted by Gasteiger charge is 2.28. The Morgan fingerprint density at radius 3 is 1.31 bits per heavy atom. The lowest BCUT2D eigenvalue weighted by molar-refractivity contribution is -0.385. The second-order valence-electron chi connectivity index (χ2n) is 14.3. The van der Waals surface area contributed by atoms with E-state index in [9.17, 15) is 39.4 Å². The molecule has 58 heavy (non-hydrogen) atoms. The molecule has 2 aromatic carbocycles. The van der Waals surface area contributed by atoms with E-state index in [4.69, 9.17) is 9.47 Å². The summed E-state index contributed by atoms with van der Waals surface area (Å²) >= 11 is 0. The van der Waals surface area contributed by atoms with E-state index in [0.717, 1.165) is 21.6 Å². The van der Waals surface area contributed by atoms with Crippen LogP contribution in [-0.2, 0) is 32.2 Å². The second-order valence-corrected chi connectivity index (χ2v) is 16.8. The van der Waals surface area contributed by atoms with Crippen molar-refractivity contribution < 1.29 is 38.5 Å². The molecule has 4 rings (SSSR count). The zero-order valence-corrected chi connectivity index (χ0v) is 33.9. The van der Waals surface area contributed by atoms with Crippen molar-refractivity contribution in [3.8, 4) is 11.4 Å². The van der Waals surface area contributed by atoms with Gasteiger partial charge in [0.1, 0.15) is 34.7 Å². The Morgan fingerprint density at radius 1 is 0.655 bits per heavy atom. The van der Waals surface area contributed by atoms with Gasteiger partial charge in [0.25, 0.3) is 11.4 Å². The number of amides is 4. The molecular weight excluding hydrogens is 801 g/mol. The minimum absolute atomic E-state index is 0.0117. The minimum atomic E-state index is -1.11. The number of aromatic nitrogens is 6. The molecule has 2 heterocycles. The molecule has 4 amide bonds. The highest BCUT2D eigenvalue weighted by molar-refractivity contribution is 8.76. The molecule has 4 N–H and O–H groups in total. The van der Waals surface area contributed by atoms with E-state index in [2.05, 4.69) is 41.9 Å². The summed E-state index contributed by atoms with van der Waals surface area (Å²) in [5.74, 6) is -1.13. The van der Waals surface area contributed by atoms with Crippen molar-refractivity contribution in [1.29, 1.82) is 0 Å². The molecule has 2 atom stereocenters. The maximum atomic E-state index is 13.4. The van der Waals surface area contributed by atoms with Crippen LogP contribution in [0.5, 0.6) is 0 Å². The van der Waals surface area contributed by atoms with Gasteiger partial charge in [-0.3, -0.25) is 29.8 Å². The Balaban J connectivity index is 1.37. The van der Waals surface area contributed by atoms with Gasteiger partial charge in [-0.25, -0.2) is 19.0 Å². The summed E-state index contributed by atoms with van der Waals surface area (Å²) in [5, 5.41) is 48.6. The maximum absolute atomic E-state index is 13.4. The fraction of sp³-hybridized carbons (Fsp3) is 0.412. The maximum Gasteiger partial charge on any atom is 0.408 e. The average Bonchev–Trinajstić information content (AvgIpc) is 3.82. The number of carbonyl (C=O) groups excluding carboxylic acids is 4. The van der Waals surface area contributed by atoms with Crippen LogP contribution in [0.1, 0.15) is 52.9 Å². The zero-order valence-electron chi connectivity index (χ0n) is 32.2. The van der Waals surface area contributed by atoms with Gasteiger partial charge in [-0.05, 0) is 65.8 Å². The van der Waals surface area contributed by atoms with Crippen LogP contribution in [0.2, 0.25) is 0 Å². The SMILES string of the molecule is CC(C)(C)OC(=O)N[C@@H](CSSC[C@H](NC(=O)OC(C)(C)C)C(=O)NCc1cn(-c2ccc([N+](=O)[O-])cc2)nn1)C(=O)NCc1cn(-c2ccc([N+](=O)[O-])cc2)nn1. The zero-order chi connectivity index (χ0) is 42.6. The van der Waals surface area contributed by atoms with Gasteiger partial charge in [0, 0.05) is 35.8 Å². The number of nitro groups is 2. The van der Waals surface area contributed by atoms with Crippen LogP contribution in [0.15, 0.2) is 60.9 Å². The predicted octanol–water partition coefficient (Wildman–Crippen LogP) is 3.77. The third-order valence-electron chi connectivity index (χ3n) is 7.19. The van der Waals surface area contributed by atoms with E-state index in [1.165, 1.54) is 70.3 Å². The molecule has 0 spiro atoms. The molecule has 0 saturated heterocycles. The Labute approximate surface area is 339 Å². The van der Waals surface area contributed by atoms with Crippen molar-refractivity contribution in [3.05, 3.63) is 92.5 Å². The fourth-order valence-corrected chi connectivity index (χ4v) is 6.89. The van der Waals surface area contributed by atoms with Crippen LogP contribution in [0.25, 0.3) is 11.4 Å². The van der Waals surface area contributed by atoms with Crippen molar-refractivity contribution in [2.24, 2.45) is 0 Å². The highest BCUT2D eigenvalue weighted by atomic mass is 33.1. The molecule has 24 heteroatoms. The number of non-ortho nitro benzene ring substituents is 2. The van der Waals surface area contributed by atoms with E-state index in [0.29, 0.717) is 22.8 Å². The van der Waals surface area contributed by atoms with Crippen LogP contribution >= 0.6 is 21.6 Å². The summed E-state index contributed by atoms with van der Waals surface area (Å²) in [6.07, 6.45) is 1.40. The van der Waals surface area contributed by atoms with Crippen LogP contribution in [0, 0.1) is 20.2 Å². The van der Waals surface area contributed by atoms with E-state index >= 15 is 0 Å². The quantitative estimate of drug-likeness (QED) is 0.0509. The monoisotopic (exact) mass is 842 g/mol. The number of rotatable bonds is 17. The molecule has 0 radical (unpaired) electrons. The summed E-state index contributed by atoms with van der Waals surface area (Å²) in [5.41, 5.74) is -0.136. The number of alkyl carbamates (subject to hydrolysis) is 2. The Kier molecular flexibility index (Phi) is 15.1. The smallest absolute Gasteiger partial charge is 0.408 e. The van der Waals surface area contributed by atoms with Gasteiger partial charge in [-0.1, -0.05) is 32.0 Å². The summed E-state index contributed by atoms with van der Waals surface area (Å²) in [4.78, 5) is 73.0. The van der Waals surface area contributed by atoms with Crippen molar-refractivity contribution in [1.82, 2.24) is 51.3 Å². The largest absolute Gasteiger partial charge is 0.444 e. The minimum Gasteiger partial charge on any atom is -0.444 e. The Hall–Kier alpha value is -6.30. The molecule has 0 fully saturated rings. The molecule has 0 aliphatic carbocycles. The summed E-state index contributed by atoms with van der Waals surface area (Å²) < 4.78 is 13.5. The molecule has 2 aromatic heterocycles. The van der Waals surface area contributed by atoms with Crippen molar-refractivity contribution in [3.63, 3.8) is 0 Å². The number of ether oxygens (including phenoxy) is 2. The molecule has 310 valence electrons. The average molecular weight is 843 g/mol. The molecule has 0 aliphatic rings. The van der Waals surface area contributed by atoms with Gasteiger partial charge in [0.15, 0.2) is 0 Å². The number of carbonyl (C=O) groups is 4. The van der Waals surface area contributed by atoms with Crippen LogP contribution in [0.4, 0.5) is 21.0 Å². The van der Waals surface area contributed by atoms with Crippen LogP contribution in [0.3, 0.4) is 0 Å². The lowest BCUT2D eigenvalue weighted by atomic mass is 10.2. The highest BCUT2D eigenvalue weighted by Crippen LogP contribution is 2.24. The van der Waals surface area contributed by atoms with Gasteiger partial charge in [0.2, 0.25) is 11.8 Å². The standard InChI is InChI=1S/C34H42N12O10S2/c1-33(2,3)55-31(49)37-27(29(47)35-15-21-17-43(41-39-21)23-7-11-25(12-8-23)45(51)52)19-57-58-20-28(38-32(50)56-34(4,5)6)30(48)36-16-22-18-44(42-40-22)24-9-13-26(14-10-24)46(53)54/h7-14,17-18,27-28H,15-16,19-20H2,1-6H3,(H,35,47)(H,36,48)(H,37,49)(H,38,50)/t27-,28-/m0/s1. The lowest BCUT2D eigenvalue weighted by Crippen LogP contribution is -2.50. The molecule has 0 saturated carbocycles. The Bertz CT molecular complexity index is 1930. The first-order valence-electron chi connectivity index (χ1n) is 17.4. The van der Waals surface area contributed by atoms with Gasteiger partial charge in [-0.2, -0.15) is 0 Å². The van der Waals surface area contributed by atoms with Gasteiger partial charge in [0.05, 0.1) is 46.7 Å². The predicted molar refractivity (Wildman–Crippen MR) is 211 cm³/mol. The molecule has 0 aliphatic heterocycles. The molecule has 22 nitrogen and oxygen atoms in total. The first-order valence-corrected chi connectivity index (χ1v) is 19.9. The van der Waals surface area contributed by atoms with E-state index in [-0.39, 0.29) is 36.0 Å². The normalized spacial score (nSPS) is 12.4. The number of nitrogens with one attached hydrogen (secondary N) is 4. The van der Waals surface area contributed by atoms with E-state index in [1.807, 2.05) is 0 Å². The molecule has 0 bridgehead atoms. The lowest BCUT2D eigenvalue weighted by Gasteiger charge is -2.24. The van der Waals surface area contributed by atoms with Crippen LogP contribution in [-0.4, -0.2) is 98.6 Å². The molecule has 0 unspecified atom stereocenters. The molecular formula is C34H42N12O10S2. The Morgan fingerprint density at radius 2 is 1.00 bits per heavy atom. The van der Waals surface area contributed by atoms with Crippen LogP contribution < -0.4 is 21.3 Å². The number of nitro benzene ring substituents is 2. The fourth-order valence-electron chi connectivity index (χ4n) is 4.56. The van der Waals surface area contributed by atoms with Gasteiger partial charge >= 0.3 is 12.2 Å². The van der Waals surface area contributed by atoms with E-state index in [1.54, 1.807) is 41.5 Å².